The van der Waals surface area contributed by atoms with Crippen molar-refractivity contribution >= 4 is 17.9 Å². The zero-order valence-electron chi connectivity index (χ0n) is 13.1. The Balaban J connectivity index is 2.13. The monoisotopic (exact) mass is 336 g/mol. The number of carboxylic acids is 3. The molecule has 2 atom stereocenters. The Morgan fingerprint density at radius 1 is 1.00 bits per heavy atom. The molecule has 0 bridgehead atoms. The highest BCUT2D eigenvalue weighted by molar-refractivity contribution is 5.80. The molecule has 1 fully saturated rings. The lowest BCUT2D eigenvalue weighted by Gasteiger charge is -2.38. The highest BCUT2D eigenvalue weighted by atomic mass is 16.5. The van der Waals surface area contributed by atoms with Gasteiger partial charge in [-0.15, -0.1) is 0 Å². The van der Waals surface area contributed by atoms with E-state index in [1.165, 1.54) is 0 Å². The van der Waals surface area contributed by atoms with Crippen LogP contribution in [-0.4, -0.2) is 39.8 Å². The maximum absolute atomic E-state index is 11.8. The normalized spacial score (nSPS) is 26.7. The summed E-state index contributed by atoms with van der Waals surface area (Å²) in [6, 6.07) is 9.15. The number of carboxylic acid groups (broad SMARTS) is 3. The second-order valence-corrected chi connectivity index (χ2v) is 6.28. The molecule has 0 saturated heterocycles. The van der Waals surface area contributed by atoms with Crippen LogP contribution in [0.15, 0.2) is 30.3 Å². The highest BCUT2D eigenvalue weighted by Crippen LogP contribution is 2.43. The van der Waals surface area contributed by atoms with E-state index < -0.39 is 35.2 Å². The molecule has 1 aromatic rings. The fourth-order valence-electron chi connectivity index (χ4n) is 3.21. The summed E-state index contributed by atoms with van der Waals surface area (Å²) in [5.74, 6) is -5.57. The molecule has 130 valence electrons. The number of carbonyl (C=O) groups is 3. The van der Waals surface area contributed by atoms with Crippen molar-refractivity contribution in [2.75, 3.05) is 6.61 Å². The molecule has 7 nitrogen and oxygen atoms in total. The van der Waals surface area contributed by atoms with Crippen LogP contribution in [0.2, 0.25) is 0 Å². The average molecular weight is 336 g/mol. The highest BCUT2D eigenvalue weighted by Gasteiger charge is 2.50. The smallest absolute Gasteiger partial charge is 0.312 e. The Morgan fingerprint density at radius 2 is 1.54 bits per heavy atom. The first-order valence-corrected chi connectivity index (χ1v) is 7.65. The Bertz CT molecular complexity index is 589. The van der Waals surface area contributed by atoms with Gasteiger partial charge < -0.3 is 20.1 Å². The summed E-state index contributed by atoms with van der Waals surface area (Å²) in [5, 5.41) is 28.1. The van der Waals surface area contributed by atoms with E-state index in [0.717, 1.165) is 5.56 Å². The molecular formula is C17H20O7. The lowest BCUT2D eigenvalue weighted by molar-refractivity contribution is -0.166. The lowest BCUT2D eigenvalue weighted by atomic mass is 9.65. The van der Waals surface area contributed by atoms with Crippen LogP contribution in [0, 0.1) is 17.3 Å². The van der Waals surface area contributed by atoms with Crippen molar-refractivity contribution in [3.8, 4) is 0 Å². The van der Waals surface area contributed by atoms with E-state index in [1.807, 2.05) is 30.3 Å². The summed E-state index contributed by atoms with van der Waals surface area (Å²) < 4.78 is 5.51. The Labute approximate surface area is 138 Å². The Morgan fingerprint density at radius 3 is 2.00 bits per heavy atom. The fraction of sp³-hybridized carbons (Fsp3) is 0.471. The minimum Gasteiger partial charge on any atom is -0.481 e. The molecule has 2 rings (SSSR count). The number of hydrogen-bond donors (Lipinski definition) is 3. The van der Waals surface area contributed by atoms with Gasteiger partial charge in [-0.25, -0.2) is 0 Å². The Kier molecular flexibility index (Phi) is 5.56. The molecule has 24 heavy (non-hydrogen) atoms. The summed E-state index contributed by atoms with van der Waals surface area (Å²) in [6.07, 6.45) is -0.315. The van der Waals surface area contributed by atoms with Gasteiger partial charge in [0, 0.05) is 0 Å². The van der Waals surface area contributed by atoms with E-state index in [9.17, 15) is 29.7 Å². The van der Waals surface area contributed by atoms with Gasteiger partial charge in [-0.1, -0.05) is 30.3 Å². The van der Waals surface area contributed by atoms with Gasteiger partial charge in [0.15, 0.2) is 0 Å². The molecule has 0 aromatic heterocycles. The quantitative estimate of drug-likeness (QED) is 0.695. The molecule has 3 N–H and O–H groups in total. The second-order valence-electron chi connectivity index (χ2n) is 6.28. The standard InChI is InChI=1S/C17H20O7/c18-14(19)12-6-13(15(20)21)8-17(7-12,16(22)23)10-24-9-11-4-2-1-3-5-11/h1-5,12-13H,6-10H2,(H,18,19)(H,20,21)(H,22,23). The number of aliphatic carboxylic acids is 3. The maximum atomic E-state index is 11.8. The van der Waals surface area contributed by atoms with Crippen molar-refractivity contribution in [3.63, 3.8) is 0 Å². The van der Waals surface area contributed by atoms with Crippen LogP contribution in [0.3, 0.4) is 0 Å². The molecule has 0 radical (unpaired) electrons. The van der Waals surface area contributed by atoms with Crippen LogP contribution < -0.4 is 0 Å². The van der Waals surface area contributed by atoms with Gasteiger partial charge in [0.1, 0.15) is 0 Å². The number of rotatable bonds is 7. The van der Waals surface area contributed by atoms with Crippen LogP contribution in [-0.2, 0) is 25.7 Å². The largest absolute Gasteiger partial charge is 0.481 e. The topological polar surface area (TPSA) is 121 Å². The zero-order valence-corrected chi connectivity index (χ0v) is 13.1. The molecule has 0 heterocycles. The van der Waals surface area contributed by atoms with E-state index in [1.54, 1.807) is 0 Å². The first-order chi connectivity index (χ1) is 11.3. The van der Waals surface area contributed by atoms with E-state index in [-0.39, 0.29) is 32.5 Å². The third-order valence-electron chi connectivity index (χ3n) is 4.49. The van der Waals surface area contributed by atoms with E-state index in [0.29, 0.717) is 0 Å². The predicted octanol–water partition coefficient (Wildman–Crippen LogP) is 1.86. The van der Waals surface area contributed by atoms with Gasteiger partial charge in [0.2, 0.25) is 0 Å². The molecule has 1 aliphatic carbocycles. The minimum atomic E-state index is -1.50. The third-order valence-corrected chi connectivity index (χ3v) is 4.49. The molecular weight excluding hydrogens is 316 g/mol. The average Bonchev–Trinajstić information content (AvgIpc) is 2.55. The Hall–Kier alpha value is -2.41. The van der Waals surface area contributed by atoms with Crippen molar-refractivity contribution in [1.29, 1.82) is 0 Å². The van der Waals surface area contributed by atoms with Crippen molar-refractivity contribution in [1.82, 2.24) is 0 Å². The molecule has 0 spiro atoms. The first kappa shape index (κ1) is 17.9. The lowest BCUT2D eigenvalue weighted by Crippen LogP contribution is -2.46. The van der Waals surface area contributed by atoms with Gasteiger partial charge in [0.05, 0.1) is 30.5 Å². The van der Waals surface area contributed by atoms with Gasteiger partial charge in [-0.3, -0.25) is 14.4 Å². The van der Waals surface area contributed by atoms with Crippen LogP contribution in [0.4, 0.5) is 0 Å². The minimum absolute atomic E-state index is 0.0572. The second kappa shape index (κ2) is 7.44. The molecule has 1 saturated carbocycles. The van der Waals surface area contributed by atoms with Gasteiger partial charge >= 0.3 is 17.9 Å². The molecule has 2 unspecified atom stereocenters. The zero-order chi connectivity index (χ0) is 17.7. The summed E-state index contributed by atoms with van der Waals surface area (Å²) in [6.45, 7) is -0.0316. The van der Waals surface area contributed by atoms with Crippen molar-refractivity contribution in [3.05, 3.63) is 35.9 Å². The van der Waals surface area contributed by atoms with Gasteiger partial charge in [-0.05, 0) is 24.8 Å². The molecule has 0 amide bonds. The number of hydrogen-bond acceptors (Lipinski definition) is 4. The molecule has 7 heteroatoms. The summed E-state index contributed by atoms with van der Waals surface area (Å²) in [5.41, 5.74) is -0.641. The third kappa shape index (κ3) is 4.11. The molecule has 1 aromatic carbocycles. The van der Waals surface area contributed by atoms with Crippen LogP contribution in [0.1, 0.15) is 24.8 Å². The number of ether oxygens (including phenoxy) is 1. The predicted molar refractivity (Wildman–Crippen MR) is 82.3 cm³/mol. The van der Waals surface area contributed by atoms with Gasteiger partial charge in [-0.2, -0.15) is 0 Å². The van der Waals surface area contributed by atoms with Crippen molar-refractivity contribution in [2.24, 2.45) is 17.3 Å². The number of benzene rings is 1. The summed E-state index contributed by atoms with van der Waals surface area (Å²) in [4.78, 5) is 34.4. The summed E-state index contributed by atoms with van der Waals surface area (Å²) in [7, 11) is 0. The van der Waals surface area contributed by atoms with E-state index >= 15 is 0 Å². The fourth-order valence-corrected chi connectivity index (χ4v) is 3.21. The van der Waals surface area contributed by atoms with Crippen LogP contribution >= 0.6 is 0 Å². The summed E-state index contributed by atoms with van der Waals surface area (Å²) >= 11 is 0. The van der Waals surface area contributed by atoms with Crippen LogP contribution in [0.5, 0.6) is 0 Å². The van der Waals surface area contributed by atoms with Crippen LogP contribution in [0.25, 0.3) is 0 Å². The first-order valence-electron chi connectivity index (χ1n) is 7.65. The van der Waals surface area contributed by atoms with E-state index in [2.05, 4.69) is 0 Å². The molecule has 0 aliphatic heterocycles. The van der Waals surface area contributed by atoms with Crippen molar-refractivity contribution < 1.29 is 34.4 Å². The van der Waals surface area contributed by atoms with E-state index in [4.69, 9.17) is 4.74 Å². The van der Waals surface area contributed by atoms with Crippen molar-refractivity contribution in [2.45, 2.75) is 25.9 Å². The maximum Gasteiger partial charge on any atom is 0.312 e. The SMILES string of the molecule is O=C(O)C1CC(C(=O)O)CC(COCc2ccccc2)(C(=O)O)C1. The molecule has 1 aliphatic rings. The van der Waals surface area contributed by atoms with Gasteiger partial charge in [0.25, 0.3) is 0 Å².